The van der Waals surface area contributed by atoms with E-state index in [0.29, 0.717) is 5.56 Å². The van der Waals surface area contributed by atoms with E-state index in [1.165, 1.54) is 26.4 Å². The molecule has 0 aromatic heterocycles. The van der Waals surface area contributed by atoms with Gasteiger partial charge >= 0.3 is 5.97 Å². The lowest BCUT2D eigenvalue weighted by Gasteiger charge is -2.11. The zero-order chi connectivity index (χ0) is 14.1. The van der Waals surface area contributed by atoms with Crippen LogP contribution in [0.3, 0.4) is 0 Å². The summed E-state index contributed by atoms with van der Waals surface area (Å²) in [5.41, 5.74) is 1.49. The Balaban J connectivity index is 2.61. The molecule has 0 saturated carbocycles. The molecule has 1 aromatic carbocycles. The normalized spacial score (nSPS) is 11.9. The van der Waals surface area contributed by atoms with Crippen LogP contribution in [0.5, 0.6) is 0 Å². The van der Waals surface area contributed by atoms with Crippen LogP contribution in [0.25, 0.3) is 0 Å². The topological polar surface area (TPSA) is 43.4 Å². The number of ether oxygens (including phenoxy) is 1. The SMILES string of the molecule is CCCCCC[C@@H](C=O)c1ccc(C(=O)OC)cc1. The zero-order valence-electron chi connectivity index (χ0n) is 11.7. The number of unbranched alkanes of at least 4 members (excludes halogenated alkanes) is 3. The van der Waals surface area contributed by atoms with Crippen molar-refractivity contribution in [2.45, 2.75) is 44.9 Å². The Morgan fingerprint density at radius 2 is 1.89 bits per heavy atom. The zero-order valence-corrected chi connectivity index (χ0v) is 11.7. The monoisotopic (exact) mass is 262 g/mol. The van der Waals surface area contributed by atoms with Crippen molar-refractivity contribution in [3.8, 4) is 0 Å². The molecule has 3 heteroatoms. The molecule has 0 aliphatic heterocycles. The molecule has 3 nitrogen and oxygen atoms in total. The van der Waals surface area contributed by atoms with Crippen LogP contribution in [0.15, 0.2) is 24.3 Å². The molecule has 19 heavy (non-hydrogen) atoms. The van der Waals surface area contributed by atoms with Crippen LogP contribution in [-0.2, 0) is 9.53 Å². The average Bonchev–Trinajstić information content (AvgIpc) is 2.47. The van der Waals surface area contributed by atoms with Gasteiger partial charge < -0.3 is 9.53 Å². The van der Waals surface area contributed by atoms with Crippen LogP contribution in [0.4, 0.5) is 0 Å². The molecule has 0 N–H and O–H groups in total. The molecule has 0 fully saturated rings. The Morgan fingerprint density at radius 3 is 2.42 bits per heavy atom. The van der Waals surface area contributed by atoms with Crippen LogP contribution >= 0.6 is 0 Å². The lowest BCUT2D eigenvalue weighted by Crippen LogP contribution is -2.04. The summed E-state index contributed by atoms with van der Waals surface area (Å²) in [6.07, 6.45) is 6.52. The molecule has 0 saturated heterocycles. The third-order valence-corrected chi connectivity index (χ3v) is 3.29. The van der Waals surface area contributed by atoms with Crippen LogP contribution in [0.2, 0.25) is 0 Å². The van der Waals surface area contributed by atoms with Gasteiger partial charge in [0.1, 0.15) is 6.29 Å². The van der Waals surface area contributed by atoms with E-state index >= 15 is 0 Å². The van der Waals surface area contributed by atoms with Crippen molar-refractivity contribution >= 4 is 12.3 Å². The second kappa shape index (κ2) is 8.46. The number of rotatable bonds is 8. The fourth-order valence-corrected chi connectivity index (χ4v) is 2.09. The van der Waals surface area contributed by atoms with Gasteiger partial charge in [0.2, 0.25) is 0 Å². The molecule has 1 atom stereocenters. The summed E-state index contributed by atoms with van der Waals surface area (Å²) in [6, 6.07) is 7.10. The molecule has 0 aliphatic carbocycles. The van der Waals surface area contributed by atoms with Gasteiger partial charge in [0.25, 0.3) is 0 Å². The molecule has 104 valence electrons. The van der Waals surface area contributed by atoms with Crippen LogP contribution in [-0.4, -0.2) is 19.4 Å². The first-order valence-corrected chi connectivity index (χ1v) is 6.86. The lowest BCUT2D eigenvalue weighted by atomic mass is 9.93. The van der Waals surface area contributed by atoms with Crippen LogP contribution < -0.4 is 0 Å². The van der Waals surface area contributed by atoms with Gasteiger partial charge in [0.05, 0.1) is 12.7 Å². The van der Waals surface area contributed by atoms with E-state index in [9.17, 15) is 9.59 Å². The van der Waals surface area contributed by atoms with Crippen molar-refractivity contribution in [2.24, 2.45) is 0 Å². The Labute approximate surface area is 115 Å². The van der Waals surface area contributed by atoms with Crippen LogP contribution in [0.1, 0.15) is 60.9 Å². The quantitative estimate of drug-likeness (QED) is 0.407. The maximum atomic E-state index is 11.3. The summed E-state index contributed by atoms with van der Waals surface area (Å²) in [5, 5.41) is 0. The number of aldehydes is 1. The van der Waals surface area contributed by atoms with Crippen molar-refractivity contribution in [1.29, 1.82) is 0 Å². The maximum absolute atomic E-state index is 11.3. The highest BCUT2D eigenvalue weighted by molar-refractivity contribution is 5.89. The first-order valence-electron chi connectivity index (χ1n) is 6.86. The Morgan fingerprint density at radius 1 is 1.21 bits per heavy atom. The molecule has 0 heterocycles. The van der Waals surface area contributed by atoms with Gasteiger partial charge in [-0.25, -0.2) is 4.79 Å². The minimum atomic E-state index is -0.350. The first kappa shape index (κ1) is 15.4. The maximum Gasteiger partial charge on any atom is 0.337 e. The van der Waals surface area contributed by atoms with Crippen molar-refractivity contribution < 1.29 is 14.3 Å². The van der Waals surface area contributed by atoms with Gasteiger partial charge in [-0.2, -0.15) is 0 Å². The smallest absolute Gasteiger partial charge is 0.337 e. The summed E-state index contributed by atoms with van der Waals surface area (Å²) in [4.78, 5) is 22.5. The third-order valence-electron chi connectivity index (χ3n) is 3.29. The first-order chi connectivity index (χ1) is 9.22. The number of hydrogen-bond donors (Lipinski definition) is 0. The summed E-state index contributed by atoms with van der Waals surface area (Å²) < 4.78 is 4.65. The summed E-state index contributed by atoms with van der Waals surface area (Å²) >= 11 is 0. The molecule has 0 aliphatic rings. The van der Waals surface area contributed by atoms with E-state index in [1.807, 2.05) is 12.1 Å². The molecule has 0 unspecified atom stereocenters. The largest absolute Gasteiger partial charge is 0.465 e. The third kappa shape index (κ3) is 4.86. The molecule has 1 aromatic rings. The van der Waals surface area contributed by atoms with Gasteiger partial charge in [0, 0.05) is 5.92 Å². The van der Waals surface area contributed by atoms with Gasteiger partial charge in [-0.05, 0) is 24.1 Å². The van der Waals surface area contributed by atoms with Crippen molar-refractivity contribution in [3.05, 3.63) is 35.4 Å². The fourth-order valence-electron chi connectivity index (χ4n) is 2.09. The number of carbonyl (C=O) groups is 2. The van der Waals surface area contributed by atoms with Crippen molar-refractivity contribution in [3.63, 3.8) is 0 Å². The van der Waals surface area contributed by atoms with E-state index in [4.69, 9.17) is 0 Å². The fraction of sp³-hybridized carbons (Fsp3) is 0.500. The highest BCUT2D eigenvalue weighted by Crippen LogP contribution is 2.21. The van der Waals surface area contributed by atoms with Gasteiger partial charge in [-0.15, -0.1) is 0 Å². The van der Waals surface area contributed by atoms with Crippen LogP contribution in [0, 0.1) is 0 Å². The molecule has 0 bridgehead atoms. The molecule has 0 amide bonds. The number of carbonyl (C=O) groups excluding carboxylic acids is 2. The standard InChI is InChI=1S/C16H22O3/c1-3-4-5-6-7-15(12-17)13-8-10-14(11-9-13)16(18)19-2/h8-12,15H,3-7H2,1-2H3/t15-/m0/s1. The van der Waals surface area contributed by atoms with E-state index in [0.717, 1.165) is 24.7 Å². The molecule has 0 radical (unpaired) electrons. The van der Waals surface area contributed by atoms with Gasteiger partial charge in [0.15, 0.2) is 0 Å². The minimum absolute atomic E-state index is 0.0662. The Hall–Kier alpha value is -1.64. The summed E-state index contributed by atoms with van der Waals surface area (Å²) in [5.74, 6) is -0.416. The summed E-state index contributed by atoms with van der Waals surface area (Å²) in [6.45, 7) is 2.17. The second-order valence-corrected chi connectivity index (χ2v) is 4.71. The average molecular weight is 262 g/mol. The molecular formula is C16H22O3. The predicted octanol–water partition coefficient (Wildman–Crippen LogP) is 3.73. The van der Waals surface area contributed by atoms with Crippen molar-refractivity contribution in [2.75, 3.05) is 7.11 Å². The van der Waals surface area contributed by atoms with Gasteiger partial charge in [-0.3, -0.25) is 0 Å². The number of hydrogen-bond acceptors (Lipinski definition) is 3. The highest BCUT2D eigenvalue weighted by atomic mass is 16.5. The predicted molar refractivity (Wildman–Crippen MR) is 75.3 cm³/mol. The minimum Gasteiger partial charge on any atom is -0.465 e. The molecule has 0 spiro atoms. The molecular weight excluding hydrogens is 240 g/mol. The number of methoxy groups -OCH3 is 1. The number of esters is 1. The van der Waals surface area contributed by atoms with E-state index in [2.05, 4.69) is 11.7 Å². The van der Waals surface area contributed by atoms with E-state index in [-0.39, 0.29) is 11.9 Å². The van der Waals surface area contributed by atoms with E-state index in [1.54, 1.807) is 12.1 Å². The number of benzene rings is 1. The Bertz CT molecular complexity index is 395. The lowest BCUT2D eigenvalue weighted by molar-refractivity contribution is -0.109. The second-order valence-electron chi connectivity index (χ2n) is 4.71. The molecule has 1 rings (SSSR count). The highest BCUT2D eigenvalue weighted by Gasteiger charge is 2.11. The van der Waals surface area contributed by atoms with E-state index < -0.39 is 0 Å². The van der Waals surface area contributed by atoms with Gasteiger partial charge in [-0.1, -0.05) is 44.7 Å². The van der Waals surface area contributed by atoms with Crippen molar-refractivity contribution in [1.82, 2.24) is 0 Å². The Kier molecular flexibility index (Phi) is 6.86. The summed E-state index contributed by atoms with van der Waals surface area (Å²) in [7, 11) is 1.36.